The lowest BCUT2D eigenvalue weighted by molar-refractivity contribution is 0.318. The number of benzene rings is 2. The molecule has 0 saturated heterocycles. The largest absolute Gasteiger partial charge is 0.409 e. The minimum atomic E-state index is 0.128. The van der Waals surface area contributed by atoms with Gasteiger partial charge in [-0.15, -0.1) is 0 Å². The van der Waals surface area contributed by atoms with E-state index in [4.69, 9.17) is 10.9 Å². The molecule has 0 aliphatic heterocycles. The van der Waals surface area contributed by atoms with Crippen molar-refractivity contribution in [2.24, 2.45) is 10.9 Å². The molecule has 0 aromatic heterocycles. The maximum Gasteiger partial charge on any atom is 0.170 e. The molecule has 0 atom stereocenters. The summed E-state index contributed by atoms with van der Waals surface area (Å²) in [4.78, 5) is 2.23. The van der Waals surface area contributed by atoms with Gasteiger partial charge in [-0.05, 0) is 24.2 Å². The molecule has 0 aliphatic rings. The Morgan fingerprint density at radius 1 is 1.14 bits per heavy atom. The molecule has 2 aromatic carbocycles. The van der Waals surface area contributed by atoms with Gasteiger partial charge in [-0.1, -0.05) is 63.6 Å². The third-order valence-electron chi connectivity index (χ3n) is 3.21. The van der Waals surface area contributed by atoms with Gasteiger partial charge in [-0.2, -0.15) is 0 Å². The Morgan fingerprint density at radius 3 is 2.43 bits per heavy atom. The van der Waals surface area contributed by atoms with Gasteiger partial charge in [-0.3, -0.25) is 4.90 Å². The Bertz CT molecular complexity index is 626. The second-order valence-electron chi connectivity index (χ2n) is 4.95. The van der Waals surface area contributed by atoms with Crippen molar-refractivity contribution in [2.75, 3.05) is 7.05 Å². The number of hydrogen-bond donors (Lipinski definition) is 2. The molecule has 0 fully saturated rings. The molecule has 0 spiro atoms. The summed E-state index contributed by atoms with van der Waals surface area (Å²) in [5, 5.41) is 11.6. The van der Waals surface area contributed by atoms with Gasteiger partial charge in [-0.25, -0.2) is 0 Å². The number of hydrogen-bond acceptors (Lipinski definition) is 3. The smallest absolute Gasteiger partial charge is 0.170 e. The van der Waals surface area contributed by atoms with Crippen LogP contribution in [0.5, 0.6) is 0 Å². The average Bonchev–Trinajstić information content (AvgIpc) is 2.49. The molecule has 2 aromatic rings. The van der Waals surface area contributed by atoms with Crippen molar-refractivity contribution in [2.45, 2.75) is 13.1 Å². The van der Waals surface area contributed by atoms with Crippen LogP contribution in [0, 0.1) is 0 Å². The van der Waals surface area contributed by atoms with E-state index in [1.54, 1.807) is 0 Å². The van der Waals surface area contributed by atoms with Crippen molar-refractivity contribution < 1.29 is 5.21 Å². The Balaban J connectivity index is 2.00. The number of amidine groups is 1. The maximum absolute atomic E-state index is 8.64. The van der Waals surface area contributed by atoms with Crippen LogP contribution >= 0.6 is 15.9 Å². The molecule has 0 heterocycles. The highest BCUT2D eigenvalue weighted by atomic mass is 79.9. The fraction of sp³-hybridized carbons (Fsp3) is 0.188. The predicted molar refractivity (Wildman–Crippen MR) is 88.3 cm³/mol. The van der Waals surface area contributed by atoms with Crippen LogP contribution in [0.3, 0.4) is 0 Å². The summed E-state index contributed by atoms with van der Waals surface area (Å²) < 4.78 is 1.12. The predicted octanol–water partition coefficient (Wildman–Crippen LogP) is 3.18. The summed E-state index contributed by atoms with van der Waals surface area (Å²) in [6, 6.07) is 15.9. The van der Waals surface area contributed by atoms with E-state index in [1.807, 2.05) is 36.4 Å². The standard InChI is InChI=1S/C16H18BrN3O/c1-20(11-14-4-2-3-5-15(14)17)10-12-6-8-13(9-7-12)16(18)19-21/h2-9,21H,10-11H2,1H3,(H2,18,19). The second kappa shape index (κ2) is 7.24. The molecule has 21 heavy (non-hydrogen) atoms. The SMILES string of the molecule is CN(Cc1ccc(C(N)=NO)cc1)Cc1ccccc1Br. The van der Waals surface area contributed by atoms with Gasteiger partial charge in [0.2, 0.25) is 0 Å². The number of halogens is 1. The van der Waals surface area contributed by atoms with Gasteiger partial charge in [0.15, 0.2) is 5.84 Å². The summed E-state index contributed by atoms with van der Waals surface area (Å²) in [7, 11) is 2.08. The maximum atomic E-state index is 8.64. The van der Waals surface area contributed by atoms with E-state index < -0.39 is 0 Å². The first-order chi connectivity index (χ1) is 10.1. The molecule has 0 bridgehead atoms. The first kappa shape index (κ1) is 15.5. The van der Waals surface area contributed by atoms with E-state index in [-0.39, 0.29) is 5.84 Å². The summed E-state index contributed by atoms with van der Waals surface area (Å²) >= 11 is 3.57. The second-order valence-corrected chi connectivity index (χ2v) is 5.80. The first-order valence-electron chi connectivity index (χ1n) is 6.59. The third-order valence-corrected chi connectivity index (χ3v) is 3.98. The molecular formula is C16H18BrN3O. The highest BCUT2D eigenvalue weighted by Gasteiger charge is 2.05. The van der Waals surface area contributed by atoms with Gasteiger partial charge in [0.05, 0.1) is 0 Å². The number of nitrogens with zero attached hydrogens (tertiary/aromatic N) is 2. The molecule has 5 heteroatoms. The molecule has 4 nitrogen and oxygen atoms in total. The molecule has 0 radical (unpaired) electrons. The fourth-order valence-corrected chi connectivity index (χ4v) is 2.53. The monoisotopic (exact) mass is 347 g/mol. The lowest BCUT2D eigenvalue weighted by atomic mass is 10.1. The van der Waals surface area contributed by atoms with E-state index >= 15 is 0 Å². The van der Waals surface area contributed by atoms with Gasteiger partial charge < -0.3 is 10.9 Å². The lowest BCUT2D eigenvalue weighted by Gasteiger charge is -2.18. The Hall–Kier alpha value is -1.85. The topological polar surface area (TPSA) is 61.8 Å². The number of oxime groups is 1. The van der Waals surface area contributed by atoms with Crippen LogP contribution < -0.4 is 5.73 Å². The van der Waals surface area contributed by atoms with E-state index in [2.05, 4.69) is 45.2 Å². The van der Waals surface area contributed by atoms with Crippen molar-refractivity contribution in [3.63, 3.8) is 0 Å². The highest BCUT2D eigenvalue weighted by molar-refractivity contribution is 9.10. The average molecular weight is 348 g/mol. The van der Waals surface area contributed by atoms with Gasteiger partial charge in [0.25, 0.3) is 0 Å². The molecular weight excluding hydrogens is 330 g/mol. The van der Waals surface area contributed by atoms with Crippen molar-refractivity contribution in [1.82, 2.24) is 4.90 Å². The van der Waals surface area contributed by atoms with Crippen molar-refractivity contribution >= 4 is 21.8 Å². The molecule has 110 valence electrons. The van der Waals surface area contributed by atoms with Gasteiger partial charge >= 0.3 is 0 Å². The third kappa shape index (κ3) is 4.31. The van der Waals surface area contributed by atoms with Crippen LogP contribution in [0.25, 0.3) is 0 Å². The van der Waals surface area contributed by atoms with Crippen molar-refractivity contribution in [3.8, 4) is 0 Å². The minimum Gasteiger partial charge on any atom is -0.409 e. The molecule has 3 N–H and O–H groups in total. The quantitative estimate of drug-likeness (QED) is 0.378. The van der Waals surface area contributed by atoms with E-state index in [0.717, 1.165) is 23.1 Å². The fourth-order valence-electron chi connectivity index (χ4n) is 2.12. The molecule has 0 saturated carbocycles. The Kier molecular flexibility index (Phi) is 5.36. The van der Waals surface area contributed by atoms with Crippen LogP contribution in [0.15, 0.2) is 58.2 Å². The summed E-state index contributed by atoms with van der Waals surface area (Å²) in [6.45, 7) is 1.70. The zero-order chi connectivity index (χ0) is 15.2. The number of rotatable bonds is 5. The van der Waals surface area contributed by atoms with Crippen LogP contribution in [0.2, 0.25) is 0 Å². The van der Waals surface area contributed by atoms with Crippen molar-refractivity contribution in [1.29, 1.82) is 0 Å². The van der Waals surface area contributed by atoms with E-state index in [1.165, 1.54) is 11.1 Å². The van der Waals surface area contributed by atoms with Crippen molar-refractivity contribution in [3.05, 3.63) is 69.7 Å². The van der Waals surface area contributed by atoms with Gasteiger partial charge in [0, 0.05) is 23.1 Å². The summed E-state index contributed by atoms with van der Waals surface area (Å²) in [6.07, 6.45) is 0. The zero-order valence-electron chi connectivity index (χ0n) is 11.8. The van der Waals surface area contributed by atoms with Crippen LogP contribution in [-0.4, -0.2) is 23.0 Å². The summed E-state index contributed by atoms with van der Waals surface area (Å²) in [5.41, 5.74) is 8.70. The minimum absolute atomic E-state index is 0.128. The zero-order valence-corrected chi connectivity index (χ0v) is 13.4. The number of nitrogens with two attached hydrogens (primary N) is 1. The highest BCUT2D eigenvalue weighted by Crippen LogP contribution is 2.18. The Labute approximate surface area is 133 Å². The van der Waals surface area contributed by atoms with Crippen LogP contribution in [0.1, 0.15) is 16.7 Å². The molecule has 0 aliphatic carbocycles. The first-order valence-corrected chi connectivity index (χ1v) is 7.38. The van der Waals surface area contributed by atoms with E-state index in [9.17, 15) is 0 Å². The Morgan fingerprint density at radius 2 is 1.81 bits per heavy atom. The van der Waals surface area contributed by atoms with Crippen LogP contribution in [0.4, 0.5) is 0 Å². The lowest BCUT2D eigenvalue weighted by Crippen LogP contribution is -2.18. The van der Waals surface area contributed by atoms with Crippen LogP contribution in [-0.2, 0) is 13.1 Å². The molecule has 0 unspecified atom stereocenters. The van der Waals surface area contributed by atoms with Gasteiger partial charge in [0.1, 0.15) is 0 Å². The molecule has 2 rings (SSSR count). The van der Waals surface area contributed by atoms with E-state index in [0.29, 0.717) is 0 Å². The molecule has 0 amide bonds. The summed E-state index contributed by atoms with van der Waals surface area (Å²) in [5.74, 6) is 0.128. The normalized spacial score (nSPS) is 11.9.